The van der Waals surface area contributed by atoms with Gasteiger partial charge in [0.2, 0.25) is 11.8 Å². The van der Waals surface area contributed by atoms with Gasteiger partial charge in [0.05, 0.1) is 11.0 Å². The van der Waals surface area contributed by atoms with Crippen molar-refractivity contribution in [2.24, 2.45) is 0 Å². The molecule has 0 unspecified atom stereocenters. The van der Waals surface area contributed by atoms with E-state index in [-0.39, 0.29) is 12.5 Å². The lowest BCUT2D eigenvalue weighted by atomic mass is 10.1. The number of fused-ring (bicyclic) bond motifs is 1. The second-order valence-electron chi connectivity index (χ2n) is 7.61. The molecule has 31 heavy (non-hydrogen) atoms. The fourth-order valence-electron chi connectivity index (χ4n) is 3.48. The van der Waals surface area contributed by atoms with Gasteiger partial charge in [-0.1, -0.05) is 37.3 Å². The minimum absolute atomic E-state index is 0.0615. The van der Waals surface area contributed by atoms with Crippen LogP contribution in [0.25, 0.3) is 11.0 Å². The van der Waals surface area contributed by atoms with Crippen LogP contribution in [0.1, 0.15) is 29.4 Å². The molecule has 0 aliphatic heterocycles. The Morgan fingerprint density at radius 1 is 1.10 bits per heavy atom. The van der Waals surface area contributed by atoms with E-state index in [0.29, 0.717) is 12.4 Å². The zero-order valence-electron chi connectivity index (χ0n) is 18.1. The number of nitrogens with zero attached hydrogens (tertiary/aromatic N) is 3. The molecule has 2 heterocycles. The first kappa shape index (κ1) is 20.6. The lowest BCUT2D eigenvalue weighted by Gasteiger charge is -2.11. The molecule has 158 valence electrons. The van der Waals surface area contributed by atoms with Crippen molar-refractivity contribution in [1.29, 1.82) is 0 Å². The van der Waals surface area contributed by atoms with Gasteiger partial charge < -0.3 is 14.6 Å². The smallest absolute Gasteiger partial charge is 0.240 e. The van der Waals surface area contributed by atoms with Crippen molar-refractivity contribution in [1.82, 2.24) is 19.9 Å². The van der Waals surface area contributed by atoms with Gasteiger partial charge >= 0.3 is 0 Å². The Labute approximate surface area is 181 Å². The molecule has 0 spiro atoms. The predicted octanol–water partition coefficient (Wildman–Crippen LogP) is 4.72. The third-order valence-electron chi connectivity index (χ3n) is 5.20. The molecule has 0 saturated carbocycles. The number of amides is 1. The lowest BCUT2D eigenvalue weighted by Crippen LogP contribution is -2.27. The first-order chi connectivity index (χ1) is 15.0. The number of pyridine rings is 1. The summed E-state index contributed by atoms with van der Waals surface area (Å²) in [5.41, 5.74) is 4.99. The highest BCUT2D eigenvalue weighted by atomic mass is 16.5. The Kier molecular flexibility index (Phi) is 5.98. The number of carbonyl (C=O) groups is 1. The number of carbonyl (C=O) groups excluding carboxylic acids is 1. The van der Waals surface area contributed by atoms with E-state index >= 15 is 0 Å². The lowest BCUT2D eigenvalue weighted by molar-refractivity contribution is -0.121. The molecule has 0 fully saturated rings. The Hall–Kier alpha value is -3.67. The third-order valence-corrected chi connectivity index (χ3v) is 5.20. The fraction of sp³-hybridized carbons (Fsp3) is 0.240. The van der Waals surface area contributed by atoms with Crippen LogP contribution in [-0.4, -0.2) is 20.4 Å². The molecule has 2 aromatic carbocycles. The molecular formula is C25H26N4O2. The quantitative estimate of drug-likeness (QED) is 0.475. The van der Waals surface area contributed by atoms with Crippen LogP contribution in [0.4, 0.5) is 0 Å². The number of ether oxygens (including phenoxy) is 1. The molecule has 4 rings (SSSR count). The predicted molar refractivity (Wildman–Crippen MR) is 121 cm³/mol. The maximum atomic E-state index is 12.6. The standard InChI is InChI=1S/C25H26N4O2/c1-4-23-28-20-7-5-6-8-21(20)29(23)16-24(30)26-14-19-11-12-25(27-15-19)31-22-13-17(2)9-10-18(22)3/h5-13,15H,4,14,16H2,1-3H3,(H,26,30). The first-order valence-corrected chi connectivity index (χ1v) is 10.4. The highest BCUT2D eigenvalue weighted by Crippen LogP contribution is 2.24. The van der Waals surface area contributed by atoms with Gasteiger partial charge in [0.25, 0.3) is 0 Å². The second kappa shape index (κ2) is 9.00. The van der Waals surface area contributed by atoms with Crippen LogP contribution < -0.4 is 10.1 Å². The van der Waals surface area contributed by atoms with Crippen molar-refractivity contribution >= 4 is 16.9 Å². The topological polar surface area (TPSA) is 69.0 Å². The van der Waals surface area contributed by atoms with Gasteiger partial charge in [0, 0.05) is 25.2 Å². The molecule has 6 heteroatoms. The van der Waals surface area contributed by atoms with Crippen LogP contribution in [0.15, 0.2) is 60.8 Å². The van der Waals surface area contributed by atoms with E-state index in [4.69, 9.17) is 4.74 Å². The molecule has 0 aliphatic rings. The number of rotatable bonds is 7. The summed E-state index contributed by atoms with van der Waals surface area (Å²) in [6, 6.07) is 17.7. The highest BCUT2D eigenvalue weighted by molar-refractivity contribution is 5.81. The van der Waals surface area contributed by atoms with Crippen molar-refractivity contribution in [3.05, 3.63) is 83.3 Å². The van der Waals surface area contributed by atoms with Gasteiger partial charge in [0.15, 0.2) is 0 Å². The fourth-order valence-corrected chi connectivity index (χ4v) is 3.48. The van der Waals surface area contributed by atoms with Crippen LogP contribution in [-0.2, 0) is 24.3 Å². The minimum Gasteiger partial charge on any atom is -0.439 e. The average Bonchev–Trinajstić information content (AvgIpc) is 3.13. The summed E-state index contributed by atoms with van der Waals surface area (Å²) in [5.74, 6) is 2.17. The summed E-state index contributed by atoms with van der Waals surface area (Å²) < 4.78 is 7.87. The minimum atomic E-state index is -0.0615. The molecule has 0 bridgehead atoms. The van der Waals surface area contributed by atoms with Crippen molar-refractivity contribution in [3.63, 3.8) is 0 Å². The first-order valence-electron chi connectivity index (χ1n) is 10.4. The monoisotopic (exact) mass is 414 g/mol. The van der Waals surface area contributed by atoms with Gasteiger partial charge in [-0.25, -0.2) is 9.97 Å². The number of nitrogens with one attached hydrogen (secondary N) is 1. The van der Waals surface area contributed by atoms with Crippen molar-refractivity contribution in [3.8, 4) is 11.6 Å². The van der Waals surface area contributed by atoms with Crippen LogP contribution in [0.3, 0.4) is 0 Å². The summed E-state index contributed by atoms with van der Waals surface area (Å²) in [5, 5.41) is 2.97. The molecule has 6 nitrogen and oxygen atoms in total. The van der Waals surface area contributed by atoms with Crippen molar-refractivity contribution in [2.45, 2.75) is 40.3 Å². The molecule has 2 aromatic heterocycles. The van der Waals surface area contributed by atoms with Crippen molar-refractivity contribution < 1.29 is 9.53 Å². The molecule has 0 radical (unpaired) electrons. The number of aromatic nitrogens is 3. The highest BCUT2D eigenvalue weighted by Gasteiger charge is 2.12. The van der Waals surface area contributed by atoms with Crippen LogP contribution in [0, 0.1) is 13.8 Å². The zero-order chi connectivity index (χ0) is 21.8. The molecule has 1 N–H and O–H groups in total. The van der Waals surface area contributed by atoms with Crippen molar-refractivity contribution in [2.75, 3.05) is 0 Å². The molecule has 1 amide bonds. The summed E-state index contributed by atoms with van der Waals surface area (Å²) in [4.78, 5) is 21.6. The SMILES string of the molecule is CCc1nc2ccccc2n1CC(=O)NCc1ccc(Oc2cc(C)ccc2C)nc1. The maximum Gasteiger partial charge on any atom is 0.240 e. The number of imidazole rings is 1. The van der Waals surface area contributed by atoms with E-state index < -0.39 is 0 Å². The normalized spacial score (nSPS) is 10.9. The van der Waals surface area contributed by atoms with Crippen LogP contribution >= 0.6 is 0 Å². The van der Waals surface area contributed by atoms with Gasteiger partial charge in [-0.3, -0.25) is 4.79 Å². The van der Waals surface area contributed by atoms with E-state index in [1.54, 1.807) is 6.20 Å². The second-order valence-corrected chi connectivity index (χ2v) is 7.61. The van der Waals surface area contributed by atoms with E-state index in [0.717, 1.165) is 45.7 Å². The third kappa shape index (κ3) is 4.74. The van der Waals surface area contributed by atoms with Gasteiger partial charge in [0.1, 0.15) is 18.1 Å². The summed E-state index contributed by atoms with van der Waals surface area (Å²) in [6.07, 6.45) is 2.50. The number of aryl methyl sites for hydroxylation is 3. The van der Waals surface area contributed by atoms with E-state index in [9.17, 15) is 4.79 Å². The summed E-state index contributed by atoms with van der Waals surface area (Å²) in [7, 11) is 0. The maximum absolute atomic E-state index is 12.6. The van der Waals surface area contributed by atoms with Crippen LogP contribution in [0.5, 0.6) is 11.6 Å². The molecule has 0 saturated heterocycles. The average molecular weight is 415 g/mol. The molecule has 0 atom stereocenters. The number of benzene rings is 2. The van der Waals surface area contributed by atoms with Gasteiger partial charge in [-0.15, -0.1) is 0 Å². The van der Waals surface area contributed by atoms with E-state index in [2.05, 4.69) is 21.4 Å². The Balaban J connectivity index is 1.37. The molecule has 0 aliphatic carbocycles. The summed E-state index contributed by atoms with van der Waals surface area (Å²) in [6.45, 7) is 6.73. The van der Waals surface area contributed by atoms with E-state index in [1.165, 1.54) is 0 Å². The largest absolute Gasteiger partial charge is 0.439 e. The Morgan fingerprint density at radius 2 is 1.94 bits per heavy atom. The van der Waals surface area contributed by atoms with Gasteiger partial charge in [-0.2, -0.15) is 0 Å². The number of hydrogen-bond acceptors (Lipinski definition) is 4. The molecule has 4 aromatic rings. The number of hydrogen-bond donors (Lipinski definition) is 1. The Bertz CT molecular complexity index is 1210. The summed E-state index contributed by atoms with van der Waals surface area (Å²) >= 11 is 0. The number of para-hydroxylation sites is 2. The van der Waals surface area contributed by atoms with Gasteiger partial charge in [-0.05, 0) is 48.7 Å². The zero-order valence-corrected chi connectivity index (χ0v) is 18.1. The Morgan fingerprint density at radius 3 is 2.71 bits per heavy atom. The van der Waals surface area contributed by atoms with Crippen LogP contribution in [0.2, 0.25) is 0 Å². The van der Waals surface area contributed by atoms with E-state index in [1.807, 2.05) is 73.9 Å². The molecular weight excluding hydrogens is 388 g/mol.